The topological polar surface area (TPSA) is 0 Å². The molecule has 0 saturated heterocycles. The van der Waals surface area contributed by atoms with Crippen molar-refractivity contribution >= 4 is 10.8 Å². The molecule has 0 N–H and O–H groups in total. The summed E-state index contributed by atoms with van der Waals surface area (Å²) >= 11 is 0. The zero-order valence-electron chi connectivity index (χ0n) is 20.6. The Morgan fingerprint density at radius 2 is 1.38 bits per heavy atom. The van der Waals surface area contributed by atoms with Crippen LogP contribution >= 0.6 is 0 Å². The number of fused-ring (bicyclic) bond motifs is 2. The Balaban J connectivity index is -0.0000000916. The molecule has 3 aromatic rings. The van der Waals surface area contributed by atoms with Gasteiger partial charge in [0, 0.05) is 26.2 Å². The molecule has 0 amide bonds. The van der Waals surface area contributed by atoms with Crippen molar-refractivity contribution < 1.29 is 26.2 Å². The van der Waals surface area contributed by atoms with Gasteiger partial charge >= 0.3 is 0 Å². The van der Waals surface area contributed by atoms with Gasteiger partial charge in [0.25, 0.3) is 0 Å². The molecule has 1 heteroatoms. The first kappa shape index (κ1) is 42.2. The van der Waals surface area contributed by atoms with Gasteiger partial charge in [-0.2, -0.15) is 24.3 Å². The summed E-state index contributed by atoms with van der Waals surface area (Å²) in [6.45, 7) is 4.60. The quantitative estimate of drug-likeness (QED) is 0.327. The fourth-order valence-corrected chi connectivity index (χ4v) is 3.28. The molecule has 0 aliphatic heterocycles. The van der Waals surface area contributed by atoms with Crippen LogP contribution in [0.2, 0.25) is 0 Å². The minimum atomic E-state index is 0. The van der Waals surface area contributed by atoms with Crippen molar-refractivity contribution in [2.75, 3.05) is 0 Å². The number of rotatable bonds is 2. The van der Waals surface area contributed by atoms with E-state index in [0.29, 0.717) is 0 Å². The Morgan fingerprint density at radius 1 is 0.862 bits per heavy atom. The minimum Gasteiger partial charge on any atom is -0.358 e. The van der Waals surface area contributed by atoms with E-state index in [1.165, 1.54) is 36.5 Å². The van der Waals surface area contributed by atoms with Crippen molar-refractivity contribution in [3.63, 3.8) is 0 Å². The number of benzene rings is 1. The van der Waals surface area contributed by atoms with Crippen LogP contribution in [0, 0.1) is 57.9 Å². The summed E-state index contributed by atoms with van der Waals surface area (Å²) in [5.74, 6) is 0.749. The van der Waals surface area contributed by atoms with Gasteiger partial charge in [-0.25, -0.2) is 12.1 Å². The molecule has 0 fully saturated rings. The monoisotopic (exact) mass is 471 g/mol. The van der Waals surface area contributed by atoms with E-state index < -0.39 is 0 Å². The maximum absolute atomic E-state index is 2.45. The van der Waals surface area contributed by atoms with Gasteiger partial charge in [0.2, 0.25) is 0 Å². The van der Waals surface area contributed by atoms with Crippen molar-refractivity contribution in [1.29, 1.82) is 0 Å². The summed E-state index contributed by atoms with van der Waals surface area (Å²) in [5, 5.41) is 2.96. The summed E-state index contributed by atoms with van der Waals surface area (Å²) in [5.41, 5.74) is 4.73. The molecule has 4 rings (SSSR count). The second kappa shape index (κ2) is 20.3. The number of aryl methyl sites for hydroxylation is 2. The van der Waals surface area contributed by atoms with Crippen molar-refractivity contribution in [3.05, 3.63) is 123 Å². The van der Waals surface area contributed by atoms with Gasteiger partial charge in [-0.15, -0.1) is 34.5 Å². The van der Waals surface area contributed by atoms with Crippen molar-refractivity contribution in [2.24, 2.45) is 5.92 Å². The molecule has 0 saturated carbocycles. The summed E-state index contributed by atoms with van der Waals surface area (Å²) in [7, 11) is 0. The van der Waals surface area contributed by atoms with Crippen molar-refractivity contribution in [2.45, 2.75) is 39.5 Å². The normalized spacial score (nSPS) is 9.62. The van der Waals surface area contributed by atoms with E-state index in [2.05, 4.69) is 38.1 Å². The van der Waals surface area contributed by atoms with E-state index in [0.717, 1.165) is 5.92 Å². The van der Waals surface area contributed by atoms with E-state index in [1.54, 1.807) is 16.7 Å². The van der Waals surface area contributed by atoms with Crippen LogP contribution in [0.25, 0.3) is 10.8 Å². The van der Waals surface area contributed by atoms with Gasteiger partial charge in [-0.3, -0.25) is 0 Å². The summed E-state index contributed by atoms with van der Waals surface area (Å²) in [4.78, 5) is 0. The molecule has 0 spiro atoms. The van der Waals surface area contributed by atoms with Crippen molar-refractivity contribution in [3.8, 4) is 0 Å². The van der Waals surface area contributed by atoms with Gasteiger partial charge in [-0.05, 0) is 19.3 Å². The van der Waals surface area contributed by atoms with Crippen LogP contribution < -0.4 is 0 Å². The van der Waals surface area contributed by atoms with E-state index in [1.807, 2.05) is 30.3 Å². The Hall–Kier alpha value is -0.937. The van der Waals surface area contributed by atoms with Gasteiger partial charge < -0.3 is 52.0 Å². The van der Waals surface area contributed by atoms with E-state index in [4.69, 9.17) is 0 Å². The minimum absolute atomic E-state index is 0. The van der Waals surface area contributed by atoms with Crippen LogP contribution in [-0.4, -0.2) is 0 Å². The maximum Gasteiger partial charge on any atom is 0 e. The first-order valence-corrected chi connectivity index (χ1v) is 8.11. The summed E-state index contributed by atoms with van der Waals surface area (Å²) in [6.07, 6.45) is 5.14. The third-order valence-corrected chi connectivity index (χ3v) is 4.26. The Morgan fingerprint density at radius 3 is 1.83 bits per heavy atom. The zero-order chi connectivity index (χ0) is 14.7. The average molecular weight is 473 g/mol. The SMILES string of the molecule is CC(C)C[c-]1ccc2cc3c(cc21)CCC3.[CH3-].[CH3-].[CH3-].[CH3-].[CH3-].[CH3-].[CH3-].[Zr].c1cc[cH-]c1. The fourth-order valence-electron chi connectivity index (χ4n) is 3.28. The second-order valence-corrected chi connectivity index (χ2v) is 6.48. The molecule has 170 valence electrons. The molecule has 1 aliphatic rings. The Labute approximate surface area is 205 Å². The van der Waals surface area contributed by atoms with Crippen LogP contribution in [0.5, 0.6) is 0 Å². The maximum atomic E-state index is 2.45. The molecule has 0 unspecified atom stereocenters. The zero-order valence-corrected chi connectivity index (χ0v) is 23.1. The molecule has 0 radical (unpaired) electrons. The van der Waals surface area contributed by atoms with Crippen molar-refractivity contribution in [1.82, 2.24) is 0 Å². The van der Waals surface area contributed by atoms with Crippen LogP contribution in [0.1, 0.15) is 37.0 Å². The summed E-state index contributed by atoms with van der Waals surface area (Å²) in [6, 6.07) is 19.5. The van der Waals surface area contributed by atoms with Gasteiger partial charge in [0.15, 0.2) is 0 Å². The molecular formula is C28H45Zr-9. The molecule has 0 heterocycles. The first-order valence-electron chi connectivity index (χ1n) is 8.11. The fraction of sp³-hybridized carbons (Fsp3) is 0.250. The number of hydrogen-bond acceptors (Lipinski definition) is 0. The molecule has 1 aliphatic carbocycles. The predicted molar refractivity (Wildman–Crippen MR) is 137 cm³/mol. The van der Waals surface area contributed by atoms with Crippen LogP contribution in [0.4, 0.5) is 0 Å². The molecule has 0 nitrogen and oxygen atoms in total. The Bertz CT molecular complexity index is 669. The Kier molecular flexibility index (Phi) is 29.6. The smallest absolute Gasteiger partial charge is 0 e. The van der Waals surface area contributed by atoms with Crippen LogP contribution in [-0.2, 0) is 45.5 Å². The predicted octanol–water partition coefficient (Wildman–Crippen LogP) is 8.80. The first-order chi connectivity index (χ1) is 10.2. The summed E-state index contributed by atoms with van der Waals surface area (Å²) < 4.78 is 0. The van der Waals surface area contributed by atoms with Gasteiger partial charge in [0.1, 0.15) is 0 Å². The second-order valence-electron chi connectivity index (χ2n) is 6.48. The van der Waals surface area contributed by atoms with Gasteiger partial charge in [0.05, 0.1) is 0 Å². The molecule has 0 bridgehead atoms. The van der Waals surface area contributed by atoms with Gasteiger partial charge in [-0.1, -0.05) is 37.3 Å². The third-order valence-electron chi connectivity index (χ3n) is 4.26. The van der Waals surface area contributed by atoms with E-state index in [-0.39, 0.29) is 78.2 Å². The largest absolute Gasteiger partial charge is 0.358 e. The van der Waals surface area contributed by atoms with Crippen LogP contribution in [0.15, 0.2) is 54.6 Å². The number of hydrogen-bond donors (Lipinski definition) is 0. The van der Waals surface area contributed by atoms with E-state index >= 15 is 0 Å². The third kappa shape index (κ3) is 11.1. The van der Waals surface area contributed by atoms with E-state index in [9.17, 15) is 0 Å². The molecule has 3 aromatic carbocycles. The molecule has 0 aromatic heterocycles. The molecule has 0 atom stereocenters. The molecular weight excluding hydrogens is 428 g/mol. The van der Waals surface area contributed by atoms with Crippen LogP contribution in [0.3, 0.4) is 0 Å². The standard InChI is InChI=1S/C16H19.C5H5.7CH3.Zr/c1-11(2)8-14-6-7-15-9-12-4-3-5-13(12)10-16(14)15;1-2-4-5-3-1;;;;;;;;/h6-7,9-11H,3-5,8H2,1-2H3;1-5H;7*1H3;/q9*-1;. The average Bonchev–Trinajstić information content (AvgIpc) is 3.19. The molecule has 29 heavy (non-hydrogen) atoms.